The molecule has 0 aliphatic carbocycles. The van der Waals surface area contributed by atoms with Crippen LogP contribution in [0.2, 0.25) is 0 Å². The van der Waals surface area contributed by atoms with Crippen LogP contribution in [0.3, 0.4) is 0 Å². The predicted molar refractivity (Wildman–Crippen MR) is 90.6 cm³/mol. The zero-order valence-electron chi connectivity index (χ0n) is 13.2. The zero-order valence-corrected chi connectivity index (χ0v) is 14.1. The summed E-state index contributed by atoms with van der Waals surface area (Å²) in [5.41, 5.74) is 0.954. The highest BCUT2D eigenvalue weighted by atomic mass is 32.1. The quantitative estimate of drug-likeness (QED) is 0.498. The Balaban J connectivity index is 1.71. The highest BCUT2D eigenvalue weighted by molar-refractivity contribution is 7.13. The summed E-state index contributed by atoms with van der Waals surface area (Å²) in [6.07, 6.45) is 0. The highest BCUT2D eigenvalue weighted by Gasteiger charge is 2.18. The normalized spacial score (nSPS) is 12.5. The third kappa shape index (κ3) is 3.50. The topological polar surface area (TPSA) is 85.3 Å². The fourth-order valence-electron chi connectivity index (χ4n) is 2.33. The summed E-state index contributed by atoms with van der Waals surface area (Å²) in [6.45, 7) is 2.44. The van der Waals surface area contributed by atoms with Crippen molar-refractivity contribution in [2.45, 2.75) is 19.5 Å². The minimum Gasteiger partial charge on any atom is -0.338 e. The maximum absolute atomic E-state index is 10.9. The summed E-state index contributed by atoms with van der Waals surface area (Å²) >= 11 is 1.55. The molecule has 1 aromatic carbocycles. The van der Waals surface area contributed by atoms with Gasteiger partial charge in [0.05, 0.1) is 16.3 Å². The van der Waals surface area contributed by atoms with E-state index in [1.807, 2.05) is 42.5 Å². The van der Waals surface area contributed by atoms with Crippen LogP contribution in [0.5, 0.6) is 0 Å². The molecule has 8 heteroatoms. The molecular formula is C16H16N4O3S. The van der Waals surface area contributed by atoms with E-state index in [1.54, 1.807) is 23.5 Å². The number of rotatable bonds is 6. The van der Waals surface area contributed by atoms with Crippen molar-refractivity contribution in [1.82, 2.24) is 15.0 Å². The molecule has 1 atom stereocenters. The summed E-state index contributed by atoms with van der Waals surface area (Å²) in [4.78, 5) is 17.9. The molecule has 0 fully saturated rings. The van der Waals surface area contributed by atoms with Crippen molar-refractivity contribution < 1.29 is 9.45 Å². The van der Waals surface area contributed by atoms with E-state index >= 15 is 0 Å². The molecule has 0 unspecified atom stereocenters. The number of nitrogens with zero attached hydrogens (tertiary/aromatic N) is 4. The minimum atomic E-state index is -0.387. The number of non-ortho nitro benzene ring substituents is 1. The number of aromatic nitrogens is 2. The van der Waals surface area contributed by atoms with Gasteiger partial charge in [0.2, 0.25) is 11.7 Å². The number of hydrogen-bond acceptors (Lipinski definition) is 7. The summed E-state index contributed by atoms with van der Waals surface area (Å²) in [7, 11) is 1.92. The molecule has 0 saturated heterocycles. The van der Waals surface area contributed by atoms with Gasteiger partial charge in [-0.1, -0.05) is 23.4 Å². The van der Waals surface area contributed by atoms with Crippen molar-refractivity contribution in [3.05, 3.63) is 63.3 Å². The molecule has 0 aliphatic rings. The van der Waals surface area contributed by atoms with E-state index in [1.165, 1.54) is 6.07 Å². The second kappa shape index (κ2) is 6.90. The van der Waals surface area contributed by atoms with Crippen LogP contribution in [0, 0.1) is 10.1 Å². The Hall–Kier alpha value is -2.58. The molecule has 0 amide bonds. The van der Waals surface area contributed by atoms with Crippen LogP contribution < -0.4 is 0 Å². The maximum Gasteiger partial charge on any atom is 0.269 e. The van der Waals surface area contributed by atoms with Gasteiger partial charge in [0.1, 0.15) is 0 Å². The summed E-state index contributed by atoms with van der Waals surface area (Å²) in [5.74, 6) is 1.09. The standard InChI is InChI=1S/C16H16N4O3S/c1-11(12-5-3-6-13(9-12)20(21)22)19(2)10-15-17-16(18-23-15)14-7-4-8-24-14/h3-9,11H,10H2,1-2H3/t11-/m1/s1. The Morgan fingerprint density at radius 2 is 2.21 bits per heavy atom. The Kier molecular flexibility index (Phi) is 4.68. The maximum atomic E-state index is 10.9. The summed E-state index contributed by atoms with van der Waals surface area (Å²) in [6, 6.07) is 10.5. The molecule has 0 saturated carbocycles. The van der Waals surface area contributed by atoms with Gasteiger partial charge in [0.25, 0.3) is 5.69 Å². The van der Waals surface area contributed by atoms with Gasteiger partial charge in [0, 0.05) is 18.2 Å². The Bertz CT molecular complexity index is 831. The first-order valence-corrected chi connectivity index (χ1v) is 8.23. The monoisotopic (exact) mass is 344 g/mol. The molecule has 124 valence electrons. The van der Waals surface area contributed by atoms with Crippen molar-refractivity contribution >= 4 is 17.0 Å². The molecule has 24 heavy (non-hydrogen) atoms. The predicted octanol–water partition coefficient (Wildman–Crippen LogP) is 3.90. The fourth-order valence-corrected chi connectivity index (χ4v) is 2.98. The number of nitro groups is 1. The number of thiophene rings is 1. The van der Waals surface area contributed by atoms with E-state index < -0.39 is 0 Å². The van der Waals surface area contributed by atoms with Crippen molar-refractivity contribution in [2.24, 2.45) is 0 Å². The van der Waals surface area contributed by atoms with E-state index in [0.29, 0.717) is 18.3 Å². The Labute approximate surface area is 142 Å². The molecule has 0 spiro atoms. The third-order valence-corrected chi connectivity index (χ3v) is 4.68. The minimum absolute atomic E-state index is 0.0259. The fraction of sp³-hybridized carbons (Fsp3) is 0.250. The zero-order chi connectivity index (χ0) is 17.1. The number of hydrogen-bond donors (Lipinski definition) is 0. The van der Waals surface area contributed by atoms with Gasteiger partial charge < -0.3 is 4.52 Å². The largest absolute Gasteiger partial charge is 0.338 e. The van der Waals surface area contributed by atoms with Gasteiger partial charge in [-0.2, -0.15) is 4.98 Å². The number of benzene rings is 1. The van der Waals surface area contributed by atoms with Crippen molar-refractivity contribution in [2.75, 3.05) is 7.05 Å². The first-order chi connectivity index (χ1) is 11.5. The smallest absolute Gasteiger partial charge is 0.269 e. The van der Waals surface area contributed by atoms with Crippen LogP contribution in [-0.4, -0.2) is 27.0 Å². The second-order valence-electron chi connectivity index (χ2n) is 5.43. The molecular weight excluding hydrogens is 328 g/mol. The van der Waals surface area contributed by atoms with Gasteiger partial charge in [-0.25, -0.2) is 0 Å². The average molecular weight is 344 g/mol. The molecule has 3 rings (SSSR count). The van der Waals surface area contributed by atoms with Gasteiger partial charge in [0.15, 0.2) is 0 Å². The molecule has 0 aliphatic heterocycles. The molecule has 2 aromatic heterocycles. The SMILES string of the molecule is C[C@H](c1cccc([N+](=O)[O-])c1)N(C)Cc1nc(-c2cccs2)no1. The van der Waals surface area contributed by atoms with Crippen LogP contribution in [0.25, 0.3) is 10.7 Å². The molecule has 0 N–H and O–H groups in total. The van der Waals surface area contributed by atoms with Crippen molar-refractivity contribution in [3.8, 4) is 10.7 Å². The summed E-state index contributed by atoms with van der Waals surface area (Å²) < 4.78 is 5.30. The van der Waals surface area contributed by atoms with Crippen LogP contribution >= 0.6 is 11.3 Å². The lowest BCUT2D eigenvalue weighted by atomic mass is 10.1. The van der Waals surface area contributed by atoms with E-state index in [4.69, 9.17) is 4.52 Å². The Morgan fingerprint density at radius 3 is 2.92 bits per heavy atom. The van der Waals surface area contributed by atoms with E-state index in [-0.39, 0.29) is 16.7 Å². The average Bonchev–Trinajstić information content (AvgIpc) is 3.25. The first kappa shape index (κ1) is 16.3. The van der Waals surface area contributed by atoms with Gasteiger partial charge in [-0.3, -0.25) is 15.0 Å². The lowest BCUT2D eigenvalue weighted by molar-refractivity contribution is -0.384. The number of nitro benzene ring substituents is 1. The Morgan fingerprint density at radius 1 is 1.38 bits per heavy atom. The lowest BCUT2D eigenvalue weighted by Gasteiger charge is -2.23. The van der Waals surface area contributed by atoms with E-state index in [9.17, 15) is 10.1 Å². The van der Waals surface area contributed by atoms with Gasteiger partial charge in [-0.05, 0) is 31.0 Å². The second-order valence-corrected chi connectivity index (χ2v) is 6.38. The summed E-state index contributed by atoms with van der Waals surface area (Å²) in [5, 5.41) is 16.9. The van der Waals surface area contributed by atoms with Crippen LogP contribution in [0.15, 0.2) is 46.3 Å². The van der Waals surface area contributed by atoms with Gasteiger partial charge >= 0.3 is 0 Å². The molecule has 0 bridgehead atoms. The van der Waals surface area contributed by atoms with Crippen LogP contribution in [0.4, 0.5) is 5.69 Å². The molecule has 7 nitrogen and oxygen atoms in total. The van der Waals surface area contributed by atoms with Crippen molar-refractivity contribution in [3.63, 3.8) is 0 Å². The first-order valence-electron chi connectivity index (χ1n) is 7.35. The molecule has 0 radical (unpaired) electrons. The van der Waals surface area contributed by atoms with E-state index in [2.05, 4.69) is 10.1 Å². The van der Waals surface area contributed by atoms with Crippen molar-refractivity contribution in [1.29, 1.82) is 0 Å². The van der Waals surface area contributed by atoms with E-state index in [0.717, 1.165) is 10.4 Å². The van der Waals surface area contributed by atoms with Gasteiger partial charge in [-0.15, -0.1) is 11.3 Å². The van der Waals surface area contributed by atoms with Crippen LogP contribution in [0.1, 0.15) is 24.4 Å². The highest BCUT2D eigenvalue weighted by Crippen LogP contribution is 2.25. The molecule has 3 aromatic rings. The third-order valence-electron chi connectivity index (χ3n) is 3.82. The lowest BCUT2D eigenvalue weighted by Crippen LogP contribution is -2.22. The van der Waals surface area contributed by atoms with Crippen LogP contribution in [-0.2, 0) is 6.54 Å². The molecule has 2 heterocycles.